The molecule has 3 heteroatoms. The van der Waals surface area contributed by atoms with Gasteiger partial charge in [-0.2, -0.15) is 0 Å². The lowest BCUT2D eigenvalue weighted by Gasteiger charge is -2.43. The highest BCUT2D eigenvalue weighted by Crippen LogP contribution is 2.38. The topological polar surface area (TPSA) is 30.5 Å². The smallest absolute Gasteiger partial charge is 0.0697 e. The van der Waals surface area contributed by atoms with Gasteiger partial charge in [0.1, 0.15) is 0 Å². The maximum atomic E-state index is 6.07. The highest BCUT2D eigenvalue weighted by molar-refractivity contribution is 4.91. The van der Waals surface area contributed by atoms with Crippen LogP contribution in [0.25, 0.3) is 0 Å². The van der Waals surface area contributed by atoms with Gasteiger partial charge in [-0.15, -0.1) is 0 Å². The number of rotatable bonds is 4. The van der Waals surface area contributed by atoms with E-state index in [0.717, 1.165) is 26.2 Å². The Morgan fingerprint density at radius 3 is 2.88 bits per heavy atom. The van der Waals surface area contributed by atoms with Crippen LogP contribution in [0.2, 0.25) is 0 Å². The Morgan fingerprint density at radius 1 is 1.31 bits per heavy atom. The van der Waals surface area contributed by atoms with Crippen molar-refractivity contribution in [2.45, 2.75) is 56.6 Å². The number of hydrogen-bond donors (Lipinski definition) is 1. The third kappa shape index (κ3) is 3.19. The van der Waals surface area contributed by atoms with Crippen molar-refractivity contribution in [2.24, 2.45) is 0 Å². The van der Waals surface area contributed by atoms with E-state index in [0.29, 0.717) is 6.04 Å². The van der Waals surface area contributed by atoms with E-state index in [4.69, 9.17) is 9.47 Å². The quantitative estimate of drug-likeness (QED) is 0.746. The lowest BCUT2D eigenvalue weighted by atomic mass is 9.78. The largest absolute Gasteiger partial charge is 0.383 e. The molecule has 16 heavy (non-hydrogen) atoms. The molecule has 1 saturated carbocycles. The van der Waals surface area contributed by atoms with E-state index in [2.05, 4.69) is 5.32 Å². The van der Waals surface area contributed by atoms with E-state index < -0.39 is 0 Å². The van der Waals surface area contributed by atoms with E-state index in [1.165, 1.54) is 38.5 Å². The molecule has 1 spiro atoms. The molecular formula is C13H25NO2. The van der Waals surface area contributed by atoms with Crippen molar-refractivity contribution in [3.05, 3.63) is 0 Å². The minimum absolute atomic E-state index is 0.223. The molecule has 0 aromatic rings. The zero-order valence-electron chi connectivity index (χ0n) is 10.5. The molecule has 1 saturated heterocycles. The second-order valence-electron chi connectivity index (χ2n) is 5.23. The summed E-state index contributed by atoms with van der Waals surface area (Å²) in [6, 6.07) is 0.641. The van der Waals surface area contributed by atoms with Gasteiger partial charge in [0.15, 0.2) is 0 Å². The van der Waals surface area contributed by atoms with Crippen LogP contribution in [-0.2, 0) is 9.47 Å². The molecule has 1 aliphatic heterocycles. The van der Waals surface area contributed by atoms with Crippen LogP contribution in [-0.4, -0.2) is 38.5 Å². The number of nitrogens with one attached hydrogen (secondary N) is 1. The van der Waals surface area contributed by atoms with Crippen molar-refractivity contribution in [1.82, 2.24) is 5.32 Å². The van der Waals surface area contributed by atoms with Gasteiger partial charge in [-0.3, -0.25) is 0 Å². The molecule has 0 aromatic heterocycles. The Balaban J connectivity index is 1.78. The summed E-state index contributed by atoms with van der Waals surface area (Å²) < 4.78 is 11.1. The van der Waals surface area contributed by atoms with Crippen molar-refractivity contribution < 1.29 is 9.47 Å². The summed E-state index contributed by atoms with van der Waals surface area (Å²) in [7, 11) is 1.76. The zero-order chi connectivity index (χ0) is 11.3. The van der Waals surface area contributed by atoms with Crippen LogP contribution in [0, 0.1) is 0 Å². The predicted octanol–water partition coefficient (Wildman–Crippen LogP) is 2.10. The average Bonchev–Trinajstić information content (AvgIpc) is 2.31. The van der Waals surface area contributed by atoms with Gasteiger partial charge >= 0.3 is 0 Å². The summed E-state index contributed by atoms with van der Waals surface area (Å²) in [5.74, 6) is 0. The first kappa shape index (κ1) is 12.3. The Kier molecular flexibility index (Phi) is 4.62. The second kappa shape index (κ2) is 5.99. The van der Waals surface area contributed by atoms with Gasteiger partial charge in [0.25, 0.3) is 0 Å². The number of hydrogen-bond acceptors (Lipinski definition) is 3. The molecule has 2 rings (SSSR count). The summed E-state index contributed by atoms with van der Waals surface area (Å²) in [6.45, 7) is 2.71. The van der Waals surface area contributed by atoms with Crippen LogP contribution in [0.4, 0.5) is 0 Å². The molecule has 0 radical (unpaired) electrons. The molecule has 2 aliphatic rings. The minimum atomic E-state index is 0.223. The van der Waals surface area contributed by atoms with Gasteiger partial charge in [0.05, 0.1) is 12.2 Å². The van der Waals surface area contributed by atoms with Crippen LogP contribution in [0.3, 0.4) is 0 Å². The SMILES string of the molecule is COCCNC1CCOC2(CCCCC2)C1. The summed E-state index contributed by atoms with van der Waals surface area (Å²) in [5.41, 5.74) is 0.223. The standard InChI is InChI=1S/C13H25NO2/c1-15-10-8-14-12-5-9-16-13(11-12)6-3-2-4-7-13/h12,14H,2-11H2,1H3. The van der Waals surface area contributed by atoms with Gasteiger partial charge in [-0.1, -0.05) is 19.3 Å². The minimum Gasteiger partial charge on any atom is -0.383 e. The predicted molar refractivity (Wildman–Crippen MR) is 64.7 cm³/mol. The fourth-order valence-corrected chi connectivity index (χ4v) is 3.11. The summed E-state index contributed by atoms with van der Waals surface area (Å²) >= 11 is 0. The molecule has 1 atom stereocenters. The number of methoxy groups -OCH3 is 1. The average molecular weight is 227 g/mol. The highest BCUT2D eigenvalue weighted by atomic mass is 16.5. The molecule has 0 bridgehead atoms. The van der Waals surface area contributed by atoms with Crippen molar-refractivity contribution in [3.8, 4) is 0 Å². The Bertz CT molecular complexity index is 197. The lowest BCUT2D eigenvalue weighted by Crippen LogP contribution is -2.48. The van der Waals surface area contributed by atoms with Crippen LogP contribution >= 0.6 is 0 Å². The molecule has 0 amide bonds. The van der Waals surface area contributed by atoms with Crippen molar-refractivity contribution in [3.63, 3.8) is 0 Å². The first-order valence-electron chi connectivity index (χ1n) is 6.71. The Labute approximate surface area is 98.9 Å². The van der Waals surface area contributed by atoms with Gasteiger partial charge < -0.3 is 14.8 Å². The number of ether oxygens (including phenoxy) is 2. The third-order valence-electron chi connectivity index (χ3n) is 4.00. The van der Waals surface area contributed by atoms with E-state index >= 15 is 0 Å². The molecule has 1 heterocycles. The van der Waals surface area contributed by atoms with Gasteiger partial charge in [0, 0.05) is 26.3 Å². The van der Waals surface area contributed by atoms with Gasteiger partial charge in [0.2, 0.25) is 0 Å². The van der Waals surface area contributed by atoms with Crippen LogP contribution in [0.5, 0.6) is 0 Å². The summed E-state index contributed by atoms with van der Waals surface area (Å²) in [5, 5.41) is 3.59. The molecule has 1 unspecified atom stereocenters. The normalized spacial score (nSPS) is 29.4. The fourth-order valence-electron chi connectivity index (χ4n) is 3.11. The van der Waals surface area contributed by atoms with Crippen LogP contribution in [0.1, 0.15) is 44.9 Å². The first-order chi connectivity index (χ1) is 7.85. The highest BCUT2D eigenvalue weighted by Gasteiger charge is 2.38. The third-order valence-corrected chi connectivity index (χ3v) is 4.00. The Morgan fingerprint density at radius 2 is 2.12 bits per heavy atom. The summed E-state index contributed by atoms with van der Waals surface area (Å²) in [4.78, 5) is 0. The van der Waals surface area contributed by atoms with Crippen molar-refractivity contribution in [2.75, 3.05) is 26.9 Å². The van der Waals surface area contributed by atoms with Crippen molar-refractivity contribution in [1.29, 1.82) is 0 Å². The second-order valence-corrected chi connectivity index (χ2v) is 5.23. The molecule has 1 aliphatic carbocycles. The van der Waals surface area contributed by atoms with E-state index in [-0.39, 0.29) is 5.60 Å². The molecule has 1 N–H and O–H groups in total. The van der Waals surface area contributed by atoms with Gasteiger partial charge in [-0.25, -0.2) is 0 Å². The van der Waals surface area contributed by atoms with Crippen molar-refractivity contribution >= 4 is 0 Å². The maximum Gasteiger partial charge on any atom is 0.0697 e. The van der Waals surface area contributed by atoms with E-state index in [9.17, 15) is 0 Å². The molecule has 3 nitrogen and oxygen atoms in total. The van der Waals surface area contributed by atoms with Gasteiger partial charge in [-0.05, 0) is 25.7 Å². The Hall–Kier alpha value is -0.120. The monoisotopic (exact) mass is 227 g/mol. The molecule has 0 aromatic carbocycles. The maximum absolute atomic E-state index is 6.07. The van der Waals surface area contributed by atoms with Crippen LogP contribution < -0.4 is 5.32 Å². The fraction of sp³-hybridized carbons (Fsp3) is 1.00. The summed E-state index contributed by atoms with van der Waals surface area (Å²) in [6.07, 6.45) is 9.01. The van der Waals surface area contributed by atoms with E-state index in [1.54, 1.807) is 7.11 Å². The first-order valence-corrected chi connectivity index (χ1v) is 6.71. The van der Waals surface area contributed by atoms with E-state index in [1.807, 2.05) is 0 Å². The van der Waals surface area contributed by atoms with Crippen LogP contribution in [0.15, 0.2) is 0 Å². The molecular weight excluding hydrogens is 202 g/mol. The molecule has 94 valence electrons. The lowest BCUT2D eigenvalue weighted by molar-refractivity contribution is -0.109. The zero-order valence-corrected chi connectivity index (χ0v) is 10.5. The molecule has 2 fully saturated rings.